The molecule has 0 saturated carbocycles. The van der Waals surface area contributed by atoms with Crippen LogP contribution in [0.25, 0.3) is 0 Å². The van der Waals surface area contributed by atoms with E-state index in [4.69, 9.17) is 16.3 Å². The molecule has 4 rings (SSSR count). The number of nitrogens with zero attached hydrogens (tertiary/aromatic N) is 3. The van der Waals surface area contributed by atoms with Gasteiger partial charge in [0.05, 0.1) is 22.0 Å². The number of amides is 1. The minimum Gasteiger partial charge on any atom is -0.439 e. The van der Waals surface area contributed by atoms with Crippen molar-refractivity contribution in [1.29, 1.82) is 0 Å². The van der Waals surface area contributed by atoms with Gasteiger partial charge in [-0.2, -0.15) is 0 Å². The Morgan fingerprint density at radius 1 is 1.23 bits per heavy atom. The van der Waals surface area contributed by atoms with E-state index in [-0.39, 0.29) is 10.6 Å². The average molecular weight is 461 g/mol. The van der Waals surface area contributed by atoms with Gasteiger partial charge in [-0.3, -0.25) is 18.2 Å². The van der Waals surface area contributed by atoms with Crippen LogP contribution < -0.4 is 14.4 Å². The van der Waals surface area contributed by atoms with Gasteiger partial charge in [0.25, 0.3) is 5.91 Å². The van der Waals surface area contributed by atoms with Gasteiger partial charge in [-0.15, -0.1) is 10.8 Å². The highest BCUT2D eigenvalue weighted by Crippen LogP contribution is 2.51. The Bertz CT molecular complexity index is 1110. The normalized spacial score (nSPS) is 16.1. The Balaban J connectivity index is 1.56. The van der Waals surface area contributed by atoms with Gasteiger partial charge >= 0.3 is 0 Å². The van der Waals surface area contributed by atoms with Crippen LogP contribution in [0.4, 0.5) is 11.4 Å². The molecule has 31 heavy (non-hydrogen) atoms. The lowest BCUT2D eigenvalue weighted by atomic mass is 10.1. The first-order valence-electron chi connectivity index (χ1n) is 9.52. The summed E-state index contributed by atoms with van der Waals surface area (Å²) in [6.45, 7) is 2.39. The van der Waals surface area contributed by atoms with Crippen LogP contribution in [0.1, 0.15) is 22.3 Å². The molecule has 1 aromatic heterocycles. The predicted octanol–water partition coefficient (Wildman–Crippen LogP) is 5.36. The third kappa shape index (κ3) is 4.91. The molecule has 2 heterocycles. The van der Waals surface area contributed by atoms with Crippen LogP contribution in [0.2, 0.25) is 5.02 Å². The van der Waals surface area contributed by atoms with Crippen LogP contribution in [0.15, 0.2) is 55.0 Å². The van der Waals surface area contributed by atoms with E-state index in [1.54, 1.807) is 42.6 Å². The maximum Gasteiger partial charge on any atom is 0.257 e. The lowest BCUT2D eigenvalue weighted by molar-refractivity contribution is 0.102. The number of nitrogens with one attached hydrogen (secondary N) is 1. The number of aryl methyl sites for hydroxylation is 1. The van der Waals surface area contributed by atoms with E-state index in [2.05, 4.69) is 15.3 Å². The van der Waals surface area contributed by atoms with E-state index in [0.29, 0.717) is 41.7 Å². The van der Waals surface area contributed by atoms with E-state index >= 15 is 0 Å². The van der Waals surface area contributed by atoms with E-state index in [0.717, 1.165) is 5.56 Å². The highest BCUT2D eigenvalue weighted by atomic mass is 35.5. The zero-order valence-corrected chi connectivity index (χ0v) is 18.2. The van der Waals surface area contributed by atoms with Crippen molar-refractivity contribution in [3.05, 3.63) is 71.1 Å². The summed E-state index contributed by atoms with van der Waals surface area (Å²) in [4.78, 5) is 20.8. The number of anilines is 2. The molecule has 0 radical (unpaired) electrons. The molecule has 2 aromatic carbocycles. The van der Waals surface area contributed by atoms with Crippen LogP contribution in [0, 0.1) is 6.92 Å². The molecule has 0 spiro atoms. The molecule has 162 valence electrons. The van der Waals surface area contributed by atoms with Gasteiger partial charge < -0.3 is 10.1 Å². The van der Waals surface area contributed by atoms with Crippen molar-refractivity contribution in [2.24, 2.45) is 0 Å². The number of rotatable bonds is 5. The summed E-state index contributed by atoms with van der Waals surface area (Å²) in [6.07, 6.45) is 3.63. The molecule has 3 aromatic rings. The van der Waals surface area contributed by atoms with Gasteiger partial charge in [-0.25, -0.2) is 9.97 Å². The Morgan fingerprint density at radius 2 is 2.06 bits per heavy atom. The molecular formula is C21H21ClN4O4S. The van der Waals surface area contributed by atoms with Crippen LogP contribution in [-0.4, -0.2) is 37.3 Å². The summed E-state index contributed by atoms with van der Waals surface area (Å²) in [7, 11) is -2.86. The number of carbonyl (C=O) groups excluding carboxylic acids is 1. The van der Waals surface area contributed by atoms with Crippen molar-refractivity contribution in [2.75, 3.05) is 21.9 Å². The molecule has 1 amide bonds. The molecule has 1 aliphatic heterocycles. The lowest BCUT2D eigenvalue weighted by Crippen LogP contribution is -2.22. The van der Waals surface area contributed by atoms with Gasteiger partial charge in [-0.05, 0) is 49.2 Å². The monoisotopic (exact) mass is 460 g/mol. The summed E-state index contributed by atoms with van der Waals surface area (Å²) in [6, 6.07) is 11.8. The van der Waals surface area contributed by atoms with Crippen molar-refractivity contribution < 1.29 is 18.6 Å². The molecule has 0 bridgehead atoms. The summed E-state index contributed by atoms with van der Waals surface area (Å²) < 4.78 is 27.7. The van der Waals surface area contributed by atoms with Crippen LogP contribution in [0.5, 0.6) is 11.6 Å². The zero-order chi connectivity index (χ0) is 22.0. The summed E-state index contributed by atoms with van der Waals surface area (Å²) in [5.74, 6) is 0.800. The van der Waals surface area contributed by atoms with E-state index < -0.39 is 16.7 Å². The Kier molecular flexibility index (Phi) is 6.01. The molecule has 3 N–H and O–H groups in total. The van der Waals surface area contributed by atoms with E-state index in [1.165, 1.54) is 10.6 Å². The predicted molar refractivity (Wildman–Crippen MR) is 122 cm³/mol. The van der Waals surface area contributed by atoms with Crippen molar-refractivity contribution in [3.8, 4) is 11.6 Å². The summed E-state index contributed by atoms with van der Waals surface area (Å²) >= 11 is 6.27. The third-order valence-electron chi connectivity index (χ3n) is 4.70. The second kappa shape index (κ2) is 8.72. The fourth-order valence-electron chi connectivity index (χ4n) is 3.34. The molecule has 8 nitrogen and oxygen atoms in total. The minimum absolute atomic E-state index is 0.237. The van der Waals surface area contributed by atoms with E-state index in [9.17, 15) is 13.9 Å². The lowest BCUT2D eigenvalue weighted by Gasteiger charge is -2.38. The number of halogens is 1. The number of ether oxygens (including phenoxy) is 1. The fourth-order valence-corrected chi connectivity index (χ4v) is 5.15. The molecule has 10 heteroatoms. The number of hydrogen-bond donors (Lipinski definition) is 3. The molecular weight excluding hydrogens is 440 g/mol. The number of carbonyl (C=O) groups is 1. The second-order valence-corrected chi connectivity index (χ2v) is 9.62. The molecule has 0 atom stereocenters. The first-order chi connectivity index (χ1) is 14.8. The first-order valence-corrected chi connectivity index (χ1v) is 11.6. The Labute approximate surface area is 186 Å². The van der Waals surface area contributed by atoms with Crippen LogP contribution in [0.3, 0.4) is 0 Å². The molecule has 1 fully saturated rings. The van der Waals surface area contributed by atoms with Crippen LogP contribution >= 0.6 is 22.4 Å². The molecule has 1 saturated heterocycles. The average Bonchev–Trinajstić information content (AvgIpc) is 3.07. The van der Waals surface area contributed by atoms with E-state index in [1.807, 2.05) is 13.0 Å². The van der Waals surface area contributed by atoms with Gasteiger partial charge in [-0.1, -0.05) is 11.6 Å². The molecule has 0 unspecified atom stereocenters. The maximum atomic E-state index is 13.0. The van der Waals surface area contributed by atoms with Crippen LogP contribution in [-0.2, 0) is 0 Å². The number of benzene rings is 2. The minimum atomic E-state index is -2.86. The van der Waals surface area contributed by atoms with Crippen molar-refractivity contribution in [3.63, 3.8) is 0 Å². The topological polar surface area (TPSA) is 108 Å². The van der Waals surface area contributed by atoms with Gasteiger partial charge in [0, 0.05) is 30.6 Å². The molecule has 1 aliphatic rings. The highest BCUT2D eigenvalue weighted by Gasteiger charge is 2.29. The number of hydrogen-bond acceptors (Lipinski definition) is 7. The molecule has 0 aliphatic carbocycles. The van der Waals surface area contributed by atoms with Gasteiger partial charge in [0.15, 0.2) is 0 Å². The van der Waals surface area contributed by atoms with Crippen molar-refractivity contribution in [1.82, 2.24) is 9.97 Å². The van der Waals surface area contributed by atoms with Crippen molar-refractivity contribution in [2.45, 2.75) is 13.3 Å². The van der Waals surface area contributed by atoms with Gasteiger partial charge in [0.2, 0.25) is 5.88 Å². The maximum absolute atomic E-state index is 13.0. The quantitative estimate of drug-likeness (QED) is 0.470. The highest BCUT2D eigenvalue weighted by molar-refractivity contribution is 8.25. The number of aromatic nitrogens is 2. The smallest absolute Gasteiger partial charge is 0.257 e. The third-order valence-corrected chi connectivity index (χ3v) is 6.97. The van der Waals surface area contributed by atoms with Crippen molar-refractivity contribution >= 4 is 39.7 Å². The fraction of sp³-hybridized carbons (Fsp3) is 0.190. The Morgan fingerprint density at radius 3 is 2.77 bits per heavy atom. The Hall–Kier alpha value is -2.85. The van der Waals surface area contributed by atoms with Gasteiger partial charge in [0.1, 0.15) is 12.1 Å². The summed E-state index contributed by atoms with van der Waals surface area (Å²) in [5, 5.41) is 3.10. The second-order valence-electron chi connectivity index (χ2n) is 7.09. The standard InChI is InChI=1S/C21H21ClN4O4S/c1-14-9-15(11-17(10-14)30-20-5-6-23-13-24-20)25-21(27)18-12-16(3-4-19(18)22)26-7-2-8-31(26,28)29/h3-6,9-13,28-29H,2,7-8H2,1H3,(H,25,27). The summed E-state index contributed by atoms with van der Waals surface area (Å²) in [5.41, 5.74) is 2.19. The first kappa shape index (κ1) is 21.4. The SMILES string of the molecule is Cc1cc(NC(=O)c2cc(N3CCCS3(O)O)ccc2Cl)cc(Oc2ccncn2)c1. The zero-order valence-electron chi connectivity index (χ0n) is 16.7. The largest absolute Gasteiger partial charge is 0.439 e.